The monoisotopic (exact) mass is 320 g/mol. The Labute approximate surface area is 129 Å². The van der Waals surface area contributed by atoms with Gasteiger partial charge in [-0.15, -0.1) is 16.4 Å². The van der Waals surface area contributed by atoms with E-state index in [9.17, 15) is 4.39 Å². The minimum Gasteiger partial charge on any atom is -0.325 e. The average Bonchev–Trinajstić information content (AvgIpc) is 3.08. The molecule has 0 fully saturated rings. The van der Waals surface area contributed by atoms with Crippen LogP contribution in [0.3, 0.4) is 0 Å². The summed E-state index contributed by atoms with van der Waals surface area (Å²) in [5.41, 5.74) is 0.762. The van der Waals surface area contributed by atoms with Gasteiger partial charge < -0.3 is 5.32 Å². The van der Waals surface area contributed by atoms with Crippen molar-refractivity contribution in [2.24, 2.45) is 0 Å². The van der Waals surface area contributed by atoms with Gasteiger partial charge in [0.25, 0.3) is 0 Å². The molecule has 0 bridgehead atoms. The standard InChI is InChI=1S/C14H13FN4S2/c1-9-2-7-12(21-9)8-20-14-17-13(18-19-14)16-11-5-3-10(15)4-6-11/h2-7H,8H2,1H3,(H2,16,17,18,19). The highest BCUT2D eigenvalue weighted by Gasteiger charge is 2.06. The Hall–Kier alpha value is -1.86. The first-order valence-electron chi connectivity index (χ1n) is 6.32. The van der Waals surface area contributed by atoms with Crippen molar-refractivity contribution in [1.29, 1.82) is 0 Å². The Bertz CT molecular complexity index is 721. The number of nitrogens with zero attached hydrogens (tertiary/aromatic N) is 2. The minimum absolute atomic E-state index is 0.263. The summed E-state index contributed by atoms with van der Waals surface area (Å²) in [7, 11) is 0. The minimum atomic E-state index is -0.263. The van der Waals surface area contributed by atoms with E-state index in [1.807, 2.05) is 0 Å². The second-order valence-electron chi connectivity index (χ2n) is 4.40. The Kier molecular flexibility index (Phi) is 4.21. The molecule has 7 heteroatoms. The number of anilines is 2. The van der Waals surface area contributed by atoms with E-state index in [0.717, 1.165) is 11.4 Å². The van der Waals surface area contributed by atoms with E-state index in [0.29, 0.717) is 11.1 Å². The molecule has 0 saturated heterocycles. The SMILES string of the molecule is Cc1ccc(CSc2n[nH]c(Nc3ccc(F)cc3)n2)s1. The molecule has 108 valence electrons. The molecule has 21 heavy (non-hydrogen) atoms. The summed E-state index contributed by atoms with van der Waals surface area (Å²) >= 11 is 3.36. The second-order valence-corrected chi connectivity index (χ2v) is 6.71. The number of aryl methyl sites for hydroxylation is 1. The number of thiophene rings is 1. The van der Waals surface area contributed by atoms with Crippen LogP contribution in [0.4, 0.5) is 16.0 Å². The third-order valence-electron chi connectivity index (χ3n) is 2.71. The number of aromatic amines is 1. The van der Waals surface area contributed by atoms with Gasteiger partial charge in [-0.1, -0.05) is 11.8 Å². The van der Waals surface area contributed by atoms with Crippen LogP contribution in [0, 0.1) is 12.7 Å². The maximum absolute atomic E-state index is 12.8. The lowest BCUT2D eigenvalue weighted by atomic mass is 10.3. The average molecular weight is 320 g/mol. The Morgan fingerprint density at radius 1 is 1.24 bits per heavy atom. The quantitative estimate of drug-likeness (QED) is 0.686. The summed E-state index contributed by atoms with van der Waals surface area (Å²) in [6.07, 6.45) is 0. The van der Waals surface area contributed by atoms with Gasteiger partial charge in [-0.2, -0.15) is 4.98 Å². The van der Waals surface area contributed by atoms with Crippen LogP contribution in [-0.4, -0.2) is 15.2 Å². The topological polar surface area (TPSA) is 53.6 Å². The van der Waals surface area contributed by atoms with Gasteiger partial charge in [0.15, 0.2) is 0 Å². The summed E-state index contributed by atoms with van der Waals surface area (Å²) in [5.74, 6) is 1.14. The van der Waals surface area contributed by atoms with Crippen LogP contribution >= 0.6 is 23.1 Å². The number of hydrogen-bond acceptors (Lipinski definition) is 5. The molecule has 1 aromatic carbocycles. The van der Waals surface area contributed by atoms with Crippen molar-refractivity contribution < 1.29 is 4.39 Å². The highest BCUT2D eigenvalue weighted by molar-refractivity contribution is 7.98. The van der Waals surface area contributed by atoms with Crippen molar-refractivity contribution in [1.82, 2.24) is 15.2 Å². The normalized spacial score (nSPS) is 10.8. The molecule has 2 heterocycles. The van der Waals surface area contributed by atoms with Gasteiger partial charge in [-0.3, -0.25) is 0 Å². The fourth-order valence-electron chi connectivity index (χ4n) is 1.74. The maximum atomic E-state index is 12.8. The lowest BCUT2D eigenvalue weighted by Gasteiger charge is -2.00. The molecule has 4 nitrogen and oxygen atoms in total. The van der Waals surface area contributed by atoms with E-state index in [1.165, 1.54) is 21.9 Å². The van der Waals surface area contributed by atoms with Gasteiger partial charge >= 0.3 is 0 Å². The third kappa shape index (κ3) is 3.83. The van der Waals surface area contributed by atoms with Crippen LogP contribution < -0.4 is 5.32 Å². The maximum Gasteiger partial charge on any atom is 0.223 e. The molecule has 3 rings (SSSR count). The number of rotatable bonds is 5. The summed E-state index contributed by atoms with van der Waals surface area (Å²) in [6, 6.07) is 10.3. The predicted octanol–water partition coefficient (Wildman–Crippen LogP) is 4.35. The smallest absolute Gasteiger partial charge is 0.223 e. The first kappa shape index (κ1) is 14.1. The van der Waals surface area contributed by atoms with Gasteiger partial charge in [-0.25, -0.2) is 9.49 Å². The lowest BCUT2D eigenvalue weighted by Crippen LogP contribution is -1.92. The Morgan fingerprint density at radius 2 is 2.05 bits per heavy atom. The molecule has 2 aromatic heterocycles. The summed E-state index contributed by atoms with van der Waals surface area (Å²) in [6.45, 7) is 2.09. The number of aromatic nitrogens is 3. The second kappa shape index (κ2) is 6.28. The Balaban J connectivity index is 1.59. The molecule has 0 spiro atoms. The fourth-order valence-corrected chi connectivity index (χ4v) is 3.47. The molecule has 0 aliphatic heterocycles. The molecular formula is C14H13FN4S2. The van der Waals surface area contributed by atoms with E-state index in [1.54, 1.807) is 35.2 Å². The van der Waals surface area contributed by atoms with Crippen LogP contribution in [0.25, 0.3) is 0 Å². The van der Waals surface area contributed by atoms with E-state index in [2.05, 4.69) is 39.6 Å². The fraction of sp³-hybridized carbons (Fsp3) is 0.143. The first-order valence-corrected chi connectivity index (χ1v) is 8.12. The lowest BCUT2D eigenvalue weighted by molar-refractivity contribution is 0.628. The van der Waals surface area contributed by atoms with E-state index < -0.39 is 0 Å². The molecule has 0 atom stereocenters. The molecular weight excluding hydrogens is 307 g/mol. The van der Waals surface area contributed by atoms with Gasteiger partial charge in [0.2, 0.25) is 11.1 Å². The van der Waals surface area contributed by atoms with E-state index >= 15 is 0 Å². The first-order chi connectivity index (χ1) is 10.2. The summed E-state index contributed by atoms with van der Waals surface area (Å²) in [4.78, 5) is 6.95. The molecule has 0 aliphatic rings. The van der Waals surface area contributed by atoms with Crippen molar-refractivity contribution >= 4 is 34.7 Å². The van der Waals surface area contributed by atoms with E-state index in [4.69, 9.17) is 0 Å². The van der Waals surface area contributed by atoms with Gasteiger partial charge in [0, 0.05) is 21.2 Å². The zero-order valence-electron chi connectivity index (χ0n) is 11.3. The number of H-pyrrole nitrogens is 1. The van der Waals surface area contributed by atoms with Crippen molar-refractivity contribution in [2.75, 3.05) is 5.32 Å². The number of benzene rings is 1. The number of thioether (sulfide) groups is 1. The summed E-state index contributed by atoms with van der Waals surface area (Å²) < 4.78 is 12.8. The van der Waals surface area contributed by atoms with Crippen LogP contribution in [0.1, 0.15) is 9.75 Å². The number of nitrogens with one attached hydrogen (secondary N) is 2. The zero-order valence-corrected chi connectivity index (χ0v) is 12.9. The molecule has 0 saturated carbocycles. The predicted molar refractivity (Wildman–Crippen MR) is 84.7 cm³/mol. The van der Waals surface area contributed by atoms with Crippen molar-refractivity contribution in [3.8, 4) is 0 Å². The summed E-state index contributed by atoms with van der Waals surface area (Å²) in [5, 5.41) is 10.7. The highest BCUT2D eigenvalue weighted by atomic mass is 32.2. The van der Waals surface area contributed by atoms with Crippen molar-refractivity contribution in [3.63, 3.8) is 0 Å². The number of hydrogen-bond donors (Lipinski definition) is 2. The third-order valence-corrected chi connectivity index (χ3v) is 4.79. The molecule has 0 unspecified atom stereocenters. The van der Waals surface area contributed by atoms with Gasteiger partial charge in [0.05, 0.1) is 0 Å². The van der Waals surface area contributed by atoms with Crippen molar-refractivity contribution in [3.05, 3.63) is 52.0 Å². The van der Waals surface area contributed by atoms with Crippen LogP contribution in [0.15, 0.2) is 41.6 Å². The van der Waals surface area contributed by atoms with Crippen LogP contribution in [-0.2, 0) is 5.75 Å². The Morgan fingerprint density at radius 3 is 2.76 bits per heavy atom. The molecule has 0 amide bonds. The highest BCUT2D eigenvalue weighted by Crippen LogP contribution is 2.25. The van der Waals surface area contributed by atoms with Crippen molar-refractivity contribution in [2.45, 2.75) is 17.8 Å². The number of halogens is 1. The van der Waals surface area contributed by atoms with Crippen LogP contribution in [0.2, 0.25) is 0 Å². The molecule has 2 N–H and O–H groups in total. The van der Waals surface area contributed by atoms with Gasteiger partial charge in [0.1, 0.15) is 5.82 Å². The van der Waals surface area contributed by atoms with Crippen LogP contribution in [0.5, 0.6) is 0 Å². The molecule has 3 aromatic rings. The molecule has 0 radical (unpaired) electrons. The van der Waals surface area contributed by atoms with E-state index in [-0.39, 0.29) is 5.82 Å². The zero-order chi connectivity index (χ0) is 14.7. The molecule has 0 aliphatic carbocycles. The van der Waals surface area contributed by atoms with Gasteiger partial charge in [-0.05, 0) is 43.3 Å². The largest absolute Gasteiger partial charge is 0.325 e.